The van der Waals surface area contributed by atoms with Crippen LogP contribution in [-0.4, -0.2) is 59.0 Å². The first-order chi connectivity index (χ1) is 18.1. The second-order valence-electron chi connectivity index (χ2n) is 8.30. The zero-order valence-corrected chi connectivity index (χ0v) is 22.4. The Kier molecular flexibility index (Phi) is 9.30. The van der Waals surface area contributed by atoms with Crippen LogP contribution in [0.25, 0.3) is 0 Å². The number of carbonyl (C=O) groups excluding carboxylic acids is 2. The van der Waals surface area contributed by atoms with E-state index in [1.807, 2.05) is 0 Å². The van der Waals surface area contributed by atoms with E-state index in [2.05, 4.69) is 5.32 Å². The fraction of sp³-hybridized carbons (Fsp3) is 0.259. The molecule has 1 N–H and O–H groups in total. The van der Waals surface area contributed by atoms with Crippen LogP contribution in [-0.2, 0) is 26.2 Å². The number of halogens is 1. The number of sulfonamides is 1. The third kappa shape index (κ3) is 6.41. The molecule has 0 aliphatic rings. The van der Waals surface area contributed by atoms with E-state index < -0.39 is 40.2 Å². The molecule has 1 atom stereocenters. The number of anilines is 1. The number of hydrogen-bond acceptors (Lipinski definition) is 6. The number of nitrogens with one attached hydrogen (secondary N) is 1. The minimum atomic E-state index is -4.27. The molecule has 0 saturated carbocycles. The fourth-order valence-corrected chi connectivity index (χ4v) is 5.24. The summed E-state index contributed by atoms with van der Waals surface area (Å²) in [5.41, 5.74) is 0.828. The van der Waals surface area contributed by atoms with Crippen molar-refractivity contribution < 1.29 is 31.9 Å². The third-order valence-electron chi connectivity index (χ3n) is 5.95. The summed E-state index contributed by atoms with van der Waals surface area (Å²) in [6.07, 6.45) is 0. The molecule has 202 valence electrons. The highest BCUT2D eigenvalue weighted by Gasteiger charge is 2.32. The lowest BCUT2D eigenvalue weighted by molar-refractivity contribution is -0.139. The summed E-state index contributed by atoms with van der Waals surface area (Å²) in [6, 6.07) is 16.9. The number of hydrogen-bond donors (Lipinski definition) is 1. The van der Waals surface area contributed by atoms with Gasteiger partial charge in [-0.25, -0.2) is 12.8 Å². The number of methoxy groups -OCH3 is 2. The number of amides is 2. The summed E-state index contributed by atoms with van der Waals surface area (Å²) < 4.78 is 52.6. The standard InChI is InChI=1S/C27H30FN3O6S/c1-19(27(33)29-2)30(17-20-10-12-21(28)13-11-20)26(32)18-31(22-8-6-5-7-9-22)38(34,35)23-14-15-24(36-3)25(16-23)37-4/h5-16,19H,17-18H2,1-4H3,(H,29,33). The van der Waals surface area contributed by atoms with Crippen molar-refractivity contribution in [3.05, 3.63) is 84.2 Å². The molecule has 11 heteroatoms. The minimum absolute atomic E-state index is 0.0350. The van der Waals surface area contributed by atoms with Gasteiger partial charge in [-0.1, -0.05) is 30.3 Å². The van der Waals surface area contributed by atoms with E-state index in [4.69, 9.17) is 9.47 Å². The summed E-state index contributed by atoms with van der Waals surface area (Å²) in [4.78, 5) is 27.3. The summed E-state index contributed by atoms with van der Waals surface area (Å²) in [7, 11) is -0.00454. The Morgan fingerprint density at radius 1 is 0.947 bits per heavy atom. The number of rotatable bonds is 11. The monoisotopic (exact) mass is 543 g/mol. The van der Waals surface area contributed by atoms with Crippen LogP contribution in [0.3, 0.4) is 0 Å². The molecule has 3 rings (SSSR count). The van der Waals surface area contributed by atoms with Crippen molar-refractivity contribution in [1.82, 2.24) is 10.2 Å². The molecule has 0 saturated heterocycles. The van der Waals surface area contributed by atoms with Gasteiger partial charge in [0, 0.05) is 19.7 Å². The Bertz CT molecular complexity index is 1370. The number of ether oxygens (including phenoxy) is 2. The molecule has 0 bridgehead atoms. The zero-order valence-electron chi connectivity index (χ0n) is 21.5. The maximum absolute atomic E-state index is 13.9. The van der Waals surface area contributed by atoms with Crippen molar-refractivity contribution in [1.29, 1.82) is 0 Å². The Morgan fingerprint density at radius 3 is 2.16 bits per heavy atom. The lowest BCUT2D eigenvalue weighted by Gasteiger charge is -2.31. The normalized spacial score (nSPS) is 11.8. The molecule has 0 radical (unpaired) electrons. The van der Waals surface area contributed by atoms with Gasteiger partial charge in [-0.2, -0.15) is 0 Å². The number of carbonyl (C=O) groups is 2. The topological polar surface area (TPSA) is 105 Å². The van der Waals surface area contributed by atoms with Gasteiger partial charge < -0.3 is 19.7 Å². The lowest BCUT2D eigenvalue weighted by Crippen LogP contribution is -2.50. The lowest BCUT2D eigenvalue weighted by atomic mass is 10.1. The average Bonchev–Trinajstić information content (AvgIpc) is 2.94. The number of nitrogens with zero attached hydrogens (tertiary/aromatic N) is 2. The molecular weight excluding hydrogens is 513 g/mol. The van der Waals surface area contributed by atoms with Crippen LogP contribution in [0.2, 0.25) is 0 Å². The summed E-state index contributed by atoms with van der Waals surface area (Å²) in [6.45, 7) is 0.909. The van der Waals surface area contributed by atoms with E-state index in [1.54, 1.807) is 30.3 Å². The van der Waals surface area contributed by atoms with E-state index in [-0.39, 0.29) is 22.9 Å². The molecule has 0 aliphatic carbocycles. The SMILES string of the molecule is CNC(=O)C(C)N(Cc1ccc(F)cc1)C(=O)CN(c1ccccc1)S(=O)(=O)c1ccc(OC)c(OC)c1. The molecular formula is C27H30FN3O6S. The van der Waals surface area contributed by atoms with Crippen molar-refractivity contribution in [2.24, 2.45) is 0 Å². The van der Waals surface area contributed by atoms with Crippen LogP contribution in [0.4, 0.5) is 10.1 Å². The van der Waals surface area contributed by atoms with Crippen LogP contribution < -0.4 is 19.1 Å². The van der Waals surface area contributed by atoms with Gasteiger partial charge in [0.2, 0.25) is 11.8 Å². The molecule has 0 heterocycles. The predicted octanol–water partition coefficient (Wildman–Crippen LogP) is 3.20. The van der Waals surface area contributed by atoms with Crippen molar-refractivity contribution >= 4 is 27.5 Å². The van der Waals surface area contributed by atoms with E-state index >= 15 is 0 Å². The molecule has 3 aromatic rings. The zero-order chi connectivity index (χ0) is 27.9. The molecule has 0 spiro atoms. The van der Waals surface area contributed by atoms with Crippen molar-refractivity contribution in [3.8, 4) is 11.5 Å². The van der Waals surface area contributed by atoms with E-state index in [0.29, 0.717) is 11.3 Å². The highest BCUT2D eigenvalue weighted by molar-refractivity contribution is 7.92. The van der Waals surface area contributed by atoms with E-state index in [1.165, 1.54) is 75.6 Å². The van der Waals surface area contributed by atoms with Crippen LogP contribution in [0.5, 0.6) is 11.5 Å². The molecule has 9 nitrogen and oxygen atoms in total. The molecule has 1 unspecified atom stereocenters. The van der Waals surface area contributed by atoms with Gasteiger partial charge >= 0.3 is 0 Å². The number of likely N-dealkylation sites (N-methyl/N-ethyl adjacent to an activating group) is 1. The van der Waals surface area contributed by atoms with Gasteiger partial charge in [0.1, 0.15) is 18.4 Å². The molecule has 2 amide bonds. The smallest absolute Gasteiger partial charge is 0.264 e. The highest BCUT2D eigenvalue weighted by Crippen LogP contribution is 2.32. The van der Waals surface area contributed by atoms with Gasteiger partial charge in [-0.3, -0.25) is 13.9 Å². The largest absolute Gasteiger partial charge is 0.493 e. The van der Waals surface area contributed by atoms with Crippen molar-refractivity contribution in [3.63, 3.8) is 0 Å². The first-order valence-electron chi connectivity index (χ1n) is 11.7. The van der Waals surface area contributed by atoms with E-state index in [9.17, 15) is 22.4 Å². The fourth-order valence-electron chi connectivity index (χ4n) is 3.81. The van der Waals surface area contributed by atoms with Gasteiger partial charge in [-0.05, 0) is 48.9 Å². The first-order valence-corrected chi connectivity index (χ1v) is 13.1. The van der Waals surface area contributed by atoms with Crippen LogP contribution in [0.1, 0.15) is 12.5 Å². The maximum Gasteiger partial charge on any atom is 0.264 e. The van der Waals surface area contributed by atoms with Crippen molar-refractivity contribution in [2.45, 2.75) is 24.4 Å². The summed E-state index contributed by atoms with van der Waals surface area (Å²) >= 11 is 0. The van der Waals surface area contributed by atoms with Crippen LogP contribution >= 0.6 is 0 Å². The average molecular weight is 544 g/mol. The molecule has 0 fully saturated rings. The molecule has 0 aromatic heterocycles. The Hall–Kier alpha value is -4.12. The van der Waals surface area contributed by atoms with Crippen molar-refractivity contribution in [2.75, 3.05) is 32.1 Å². The van der Waals surface area contributed by atoms with Crippen LogP contribution in [0.15, 0.2) is 77.7 Å². The van der Waals surface area contributed by atoms with Gasteiger partial charge in [-0.15, -0.1) is 0 Å². The van der Waals surface area contributed by atoms with Gasteiger partial charge in [0.15, 0.2) is 11.5 Å². The molecule has 3 aromatic carbocycles. The summed E-state index contributed by atoms with van der Waals surface area (Å²) in [5, 5.41) is 2.51. The summed E-state index contributed by atoms with van der Waals surface area (Å²) in [5.74, 6) is -0.951. The minimum Gasteiger partial charge on any atom is -0.493 e. The number of benzene rings is 3. The molecule has 0 aliphatic heterocycles. The Balaban J connectivity index is 2.03. The first kappa shape index (κ1) is 28.5. The van der Waals surface area contributed by atoms with Gasteiger partial charge in [0.25, 0.3) is 10.0 Å². The number of para-hydroxylation sites is 1. The second kappa shape index (κ2) is 12.4. The maximum atomic E-state index is 13.9. The predicted molar refractivity (Wildman–Crippen MR) is 141 cm³/mol. The highest BCUT2D eigenvalue weighted by atomic mass is 32.2. The van der Waals surface area contributed by atoms with E-state index in [0.717, 1.165) is 4.31 Å². The Labute approximate surface area is 221 Å². The Morgan fingerprint density at radius 2 is 1.58 bits per heavy atom. The van der Waals surface area contributed by atoms with Crippen LogP contribution in [0, 0.1) is 5.82 Å². The third-order valence-corrected chi connectivity index (χ3v) is 7.72. The molecule has 38 heavy (non-hydrogen) atoms. The van der Waals surface area contributed by atoms with Gasteiger partial charge in [0.05, 0.1) is 24.8 Å². The second-order valence-corrected chi connectivity index (χ2v) is 10.2. The quantitative estimate of drug-likeness (QED) is 0.398.